The lowest BCUT2D eigenvalue weighted by molar-refractivity contribution is -0.116. The molecule has 0 spiro atoms. The monoisotopic (exact) mass is 505 g/mol. The number of rotatable bonds is 7. The maximum atomic E-state index is 12.6. The van der Waals surface area contributed by atoms with Gasteiger partial charge in [0.2, 0.25) is 6.41 Å². The largest absolute Gasteiger partial charge is 0.493 e. The number of amidine groups is 1. The fourth-order valence-electron chi connectivity index (χ4n) is 4.24. The van der Waals surface area contributed by atoms with E-state index in [4.69, 9.17) is 32.9 Å². The summed E-state index contributed by atoms with van der Waals surface area (Å²) in [7, 11) is 0. The Hall–Kier alpha value is -3.33. The summed E-state index contributed by atoms with van der Waals surface area (Å²) in [6.45, 7) is 6.06. The van der Waals surface area contributed by atoms with Gasteiger partial charge in [-0.05, 0) is 73.9 Å². The van der Waals surface area contributed by atoms with Crippen molar-refractivity contribution in [3.63, 3.8) is 0 Å². The molecule has 0 N–H and O–H groups in total. The number of carbonyl (C=O) groups excluding carboxylic acids is 1. The van der Waals surface area contributed by atoms with Crippen LogP contribution in [0.2, 0.25) is 10.0 Å². The number of halogens is 2. The van der Waals surface area contributed by atoms with Gasteiger partial charge in [-0.3, -0.25) is 14.7 Å². The lowest BCUT2D eigenvalue weighted by Crippen LogP contribution is -2.31. The predicted molar refractivity (Wildman–Crippen MR) is 139 cm³/mol. The summed E-state index contributed by atoms with van der Waals surface area (Å²) in [6.07, 6.45) is 0.797. The van der Waals surface area contributed by atoms with Crippen molar-refractivity contribution in [1.82, 2.24) is 4.90 Å². The third-order valence-corrected chi connectivity index (χ3v) is 6.67. The van der Waals surface area contributed by atoms with E-state index in [1.165, 1.54) is 0 Å². The molecule has 0 aromatic heterocycles. The lowest BCUT2D eigenvalue weighted by atomic mass is 9.85. The van der Waals surface area contributed by atoms with Crippen LogP contribution in [0.15, 0.2) is 71.7 Å². The van der Waals surface area contributed by atoms with Gasteiger partial charge in [0.25, 0.3) is 0 Å². The minimum atomic E-state index is -0.726. The Balaban J connectivity index is 1.92. The van der Waals surface area contributed by atoms with Gasteiger partial charge in [0.1, 0.15) is 17.6 Å². The van der Waals surface area contributed by atoms with E-state index in [0.717, 1.165) is 23.1 Å². The molecule has 0 saturated heterocycles. The van der Waals surface area contributed by atoms with Crippen LogP contribution < -0.4 is 4.74 Å². The molecule has 1 amide bonds. The van der Waals surface area contributed by atoms with Crippen LogP contribution in [0.5, 0.6) is 5.75 Å². The average molecular weight is 506 g/mol. The Labute approximate surface area is 215 Å². The van der Waals surface area contributed by atoms with Crippen LogP contribution in [0.25, 0.3) is 0 Å². The van der Waals surface area contributed by atoms with E-state index in [1.807, 2.05) is 75.4 Å². The van der Waals surface area contributed by atoms with E-state index in [9.17, 15) is 10.1 Å². The molecule has 0 saturated carbocycles. The van der Waals surface area contributed by atoms with Gasteiger partial charge in [0, 0.05) is 10.0 Å². The Bertz CT molecular complexity index is 1300. The summed E-state index contributed by atoms with van der Waals surface area (Å²) in [4.78, 5) is 19.3. The Morgan fingerprint density at radius 2 is 1.63 bits per heavy atom. The van der Waals surface area contributed by atoms with E-state index >= 15 is 0 Å². The highest BCUT2D eigenvalue weighted by molar-refractivity contribution is 6.30. The molecule has 1 heterocycles. The van der Waals surface area contributed by atoms with Crippen LogP contribution in [-0.2, 0) is 10.2 Å². The highest BCUT2D eigenvalue weighted by atomic mass is 35.5. The first kappa shape index (κ1) is 24.8. The number of amides is 1. The Morgan fingerprint density at radius 3 is 2.17 bits per heavy atom. The number of ether oxygens (including phenoxy) is 1. The molecule has 5 nitrogen and oxygen atoms in total. The van der Waals surface area contributed by atoms with E-state index in [1.54, 1.807) is 17.0 Å². The molecule has 7 heteroatoms. The van der Waals surface area contributed by atoms with Crippen molar-refractivity contribution in [1.29, 1.82) is 5.26 Å². The molecule has 4 rings (SSSR count). The summed E-state index contributed by atoms with van der Waals surface area (Å²) in [5.74, 6) is 1.08. The maximum Gasteiger partial charge on any atom is 0.215 e. The number of carbonyl (C=O) groups is 1. The molecule has 0 radical (unpaired) electrons. The fraction of sp³-hybridized carbons (Fsp3) is 0.250. The van der Waals surface area contributed by atoms with Crippen molar-refractivity contribution >= 4 is 35.4 Å². The van der Waals surface area contributed by atoms with Crippen LogP contribution in [-0.4, -0.2) is 23.8 Å². The number of hydrogen-bond donors (Lipinski definition) is 0. The molecule has 2 atom stereocenters. The molecule has 1 aliphatic rings. The predicted octanol–water partition coefficient (Wildman–Crippen LogP) is 6.89. The summed E-state index contributed by atoms with van der Waals surface area (Å²) < 4.78 is 5.92. The van der Waals surface area contributed by atoms with Gasteiger partial charge in [-0.1, -0.05) is 53.5 Å². The standard InChI is InChI=1S/C28H25Cl2N3O2/c1-4-35-24-14-9-20(28(2,3)16-31)15-23(24)27-32-25(18-5-10-21(29)11-6-18)26(33(27)17-34)19-7-12-22(30)13-8-19/h5-15,17,25-26H,4H2,1-3H3/t25-,26+/m0/s1. The van der Waals surface area contributed by atoms with E-state index < -0.39 is 11.5 Å². The van der Waals surface area contributed by atoms with Crippen LogP contribution in [0, 0.1) is 11.3 Å². The smallest absolute Gasteiger partial charge is 0.215 e. The Kier molecular flexibility index (Phi) is 7.16. The molecular weight excluding hydrogens is 481 g/mol. The topological polar surface area (TPSA) is 65.7 Å². The van der Waals surface area contributed by atoms with Crippen molar-refractivity contribution in [2.24, 2.45) is 4.99 Å². The van der Waals surface area contributed by atoms with Crippen molar-refractivity contribution in [3.05, 3.63) is 99.0 Å². The zero-order valence-corrected chi connectivity index (χ0v) is 21.2. The van der Waals surface area contributed by atoms with Crippen molar-refractivity contribution in [3.8, 4) is 11.8 Å². The van der Waals surface area contributed by atoms with Gasteiger partial charge in [-0.15, -0.1) is 0 Å². The average Bonchev–Trinajstić information content (AvgIpc) is 3.24. The molecule has 35 heavy (non-hydrogen) atoms. The third-order valence-electron chi connectivity index (χ3n) is 6.16. The van der Waals surface area contributed by atoms with Gasteiger partial charge in [0.05, 0.1) is 29.7 Å². The first-order chi connectivity index (χ1) is 16.8. The van der Waals surface area contributed by atoms with Gasteiger partial charge in [-0.25, -0.2) is 0 Å². The van der Waals surface area contributed by atoms with Crippen molar-refractivity contribution in [2.75, 3.05) is 6.61 Å². The van der Waals surface area contributed by atoms with Crippen molar-refractivity contribution < 1.29 is 9.53 Å². The molecule has 1 aliphatic heterocycles. The summed E-state index contributed by atoms with van der Waals surface area (Å²) >= 11 is 12.3. The number of aliphatic imine (C=N–C) groups is 1. The quantitative estimate of drug-likeness (QED) is 0.328. The Morgan fingerprint density at radius 1 is 1.03 bits per heavy atom. The molecule has 0 unspecified atom stereocenters. The summed E-state index contributed by atoms with van der Waals surface area (Å²) in [5, 5.41) is 10.9. The molecular formula is C28H25Cl2N3O2. The molecule has 178 valence electrons. The molecule has 3 aromatic rings. The van der Waals surface area contributed by atoms with E-state index in [2.05, 4.69) is 6.07 Å². The van der Waals surface area contributed by atoms with Gasteiger partial charge in [-0.2, -0.15) is 5.26 Å². The van der Waals surface area contributed by atoms with Crippen molar-refractivity contribution in [2.45, 2.75) is 38.3 Å². The van der Waals surface area contributed by atoms with Crippen LogP contribution in [0.4, 0.5) is 0 Å². The highest BCUT2D eigenvalue weighted by Crippen LogP contribution is 2.44. The van der Waals surface area contributed by atoms with E-state index in [-0.39, 0.29) is 6.04 Å². The van der Waals surface area contributed by atoms with Gasteiger partial charge in [0.15, 0.2) is 0 Å². The number of hydrogen-bond acceptors (Lipinski definition) is 4. The third kappa shape index (κ3) is 4.91. The first-order valence-electron chi connectivity index (χ1n) is 11.3. The second-order valence-electron chi connectivity index (χ2n) is 8.84. The molecule has 0 bridgehead atoms. The first-order valence-corrected chi connectivity index (χ1v) is 12.1. The second kappa shape index (κ2) is 10.1. The number of nitrogens with zero attached hydrogens (tertiary/aromatic N) is 3. The molecule has 0 aliphatic carbocycles. The van der Waals surface area contributed by atoms with Crippen LogP contribution in [0.3, 0.4) is 0 Å². The van der Waals surface area contributed by atoms with E-state index in [0.29, 0.717) is 33.8 Å². The van der Waals surface area contributed by atoms with Crippen LogP contribution in [0.1, 0.15) is 55.1 Å². The van der Waals surface area contributed by atoms with Gasteiger partial charge < -0.3 is 4.74 Å². The minimum Gasteiger partial charge on any atom is -0.493 e. The fourth-order valence-corrected chi connectivity index (χ4v) is 4.49. The normalized spacial score (nSPS) is 17.6. The minimum absolute atomic E-state index is 0.379. The summed E-state index contributed by atoms with van der Waals surface area (Å²) in [6, 6.07) is 22.1. The van der Waals surface area contributed by atoms with Gasteiger partial charge >= 0.3 is 0 Å². The number of benzene rings is 3. The molecule has 3 aromatic carbocycles. The summed E-state index contributed by atoms with van der Waals surface area (Å²) in [5.41, 5.74) is 2.56. The maximum absolute atomic E-state index is 12.6. The highest BCUT2D eigenvalue weighted by Gasteiger charge is 2.40. The zero-order valence-electron chi connectivity index (χ0n) is 19.7. The number of nitriles is 1. The SMILES string of the molecule is CCOc1ccc(C(C)(C)C#N)cc1C1=N[C@@H](c2ccc(Cl)cc2)[C@@H](c2ccc(Cl)cc2)N1C=O. The van der Waals surface area contributed by atoms with Crippen LogP contribution >= 0.6 is 23.2 Å². The second-order valence-corrected chi connectivity index (χ2v) is 9.71. The zero-order chi connectivity index (χ0) is 25.2. The molecule has 0 fully saturated rings. The lowest BCUT2D eigenvalue weighted by Gasteiger charge is -2.27.